The molecule has 0 saturated carbocycles. The van der Waals surface area contributed by atoms with Gasteiger partial charge in [0.15, 0.2) is 0 Å². The smallest absolute Gasteiger partial charge is 0.0727 e. The van der Waals surface area contributed by atoms with E-state index in [4.69, 9.17) is 0 Å². The maximum absolute atomic E-state index is 2.52. The molecule has 312 valence electrons. The molecule has 0 fully saturated rings. The lowest BCUT2D eigenvalue weighted by Crippen LogP contribution is -2.26. The van der Waals surface area contributed by atoms with Crippen molar-refractivity contribution < 1.29 is 0 Å². The van der Waals surface area contributed by atoms with Crippen LogP contribution in [0.1, 0.15) is 47.2 Å². The predicted octanol–water partition coefficient (Wildman–Crippen LogP) is 16.9. The molecule has 0 N–H and O–H groups in total. The van der Waals surface area contributed by atoms with Crippen LogP contribution in [0.25, 0.3) is 44.5 Å². The average molecular weight is 843 g/mol. The number of fused-ring (bicyclic) bond motifs is 13. The van der Waals surface area contributed by atoms with Gasteiger partial charge in [-0.05, 0) is 151 Å². The van der Waals surface area contributed by atoms with E-state index in [1.807, 2.05) is 0 Å². The molecule has 0 aromatic heterocycles. The van der Waals surface area contributed by atoms with Crippen molar-refractivity contribution in [3.63, 3.8) is 0 Å². The van der Waals surface area contributed by atoms with Crippen molar-refractivity contribution in [3.8, 4) is 44.5 Å². The average Bonchev–Trinajstić information content (AvgIpc) is 3.93. The minimum atomic E-state index is -0.615. The lowest BCUT2D eigenvalue weighted by Gasteiger charge is -2.33. The van der Waals surface area contributed by atoms with Crippen LogP contribution in [0.15, 0.2) is 243 Å². The van der Waals surface area contributed by atoms with Crippen LogP contribution in [0.3, 0.4) is 0 Å². The second kappa shape index (κ2) is 14.7. The first kappa shape index (κ1) is 38.3. The third kappa shape index (κ3) is 5.48. The molecular formula is C64H46N2. The summed E-state index contributed by atoms with van der Waals surface area (Å²) < 4.78 is 0. The van der Waals surface area contributed by atoms with Gasteiger partial charge in [-0.1, -0.05) is 184 Å². The van der Waals surface area contributed by atoms with Crippen LogP contribution in [-0.2, 0) is 10.8 Å². The van der Waals surface area contributed by atoms with Gasteiger partial charge in [-0.2, -0.15) is 0 Å². The number of nitrogens with zero attached hydrogens (tertiary/aromatic N) is 2. The Morgan fingerprint density at radius 3 is 1.21 bits per heavy atom. The van der Waals surface area contributed by atoms with Gasteiger partial charge in [-0.15, -0.1) is 0 Å². The molecule has 0 saturated heterocycles. The molecule has 1 atom stereocenters. The summed E-state index contributed by atoms with van der Waals surface area (Å²) in [5.41, 5.74) is 24.2. The van der Waals surface area contributed by atoms with Gasteiger partial charge in [-0.25, -0.2) is 0 Å². The predicted molar refractivity (Wildman–Crippen MR) is 275 cm³/mol. The second-order valence-electron chi connectivity index (χ2n) is 18.4. The van der Waals surface area contributed by atoms with E-state index in [0.717, 1.165) is 34.1 Å². The number of benzene rings is 10. The molecule has 3 aliphatic carbocycles. The highest BCUT2D eigenvalue weighted by Crippen LogP contribution is 2.65. The third-order valence-electron chi connectivity index (χ3n) is 14.6. The molecule has 2 nitrogen and oxygen atoms in total. The molecule has 10 aromatic rings. The summed E-state index contributed by atoms with van der Waals surface area (Å²) in [6.07, 6.45) is 0. The Kier molecular flexibility index (Phi) is 8.51. The summed E-state index contributed by atoms with van der Waals surface area (Å²) >= 11 is 0. The minimum Gasteiger partial charge on any atom is -0.310 e. The van der Waals surface area contributed by atoms with Gasteiger partial charge >= 0.3 is 0 Å². The van der Waals surface area contributed by atoms with Crippen molar-refractivity contribution in [2.45, 2.75) is 24.7 Å². The highest BCUT2D eigenvalue weighted by molar-refractivity contribution is 6.01. The number of hydrogen-bond acceptors (Lipinski definition) is 2. The number of hydrogen-bond donors (Lipinski definition) is 0. The fraction of sp³-hybridized carbons (Fsp3) is 0.0625. The van der Waals surface area contributed by atoms with Crippen LogP contribution in [0.5, 0.6) is 0 Å². The molecule has 3 aliphatic rings. The van der Waals surface area contributed by atoms with Crippen molar-refractivity contribution in [2.75, 3.05) is 9.80 Å². The zero-order chi connectivity index (χ0) is 44.0. The van der Waals surface area contributed by atoms with Gasteiger partial charge in [0, 0.05) is 39.5 Å². The van der Waals surface area contributed by atoms with Crippen LogP contribution in [-0.4, -0.2) is 0 Å². The molecule has 0 aliphatic heterocycles. The number of anilines is 6. The van der Waals surface area contributed by atoms with E-state index in [1.165, 1.54) is 77.9 Å². The molecule has 2 heteroatoms. The van der Waals surface area contributed by atoms with Crippen LogP contribution < -0.4 is 9.80 Å². The van der Waals surface area contributed by atoms with Gasteiger partial charge < -0.3 is 9.80 Å². The first-order valence-electron chi connectivity index (χ1n) is 23.1. The van der Waals surface area contributed by atoms with Crippen molar-refractivity contribution in [3.05, 3.63) is 276 Å². The van der Waals surface area contributed by atoms with Gasteiger partial charge in [0.2, 0.25) is 0 Å². The summed E-state index contributed by atoms with van der Waals surface area (Å²) in [6, 6.07) is 90.0. The maximum Gasteiger partial charge on any atom is 0.0727 e. The van der Waals surface area contributed by atoms with Crippen molar-refractivity contribution >= 4 is 34.1 Å². The minimum absolute atomic E-state index is 0.132. The molecule has 0 bridgehead atoms. The van der Waals surface area contributed by atoms with Crippen LogP contribution in [0, 0.1) is 0 Å². The fourth-order valence-corrected chi connectivity index (χ4v) is 11.8. The van der Waals surface area contributed by atoms with Gasteiger partial charge in [0.1, 0.15) is 0 Å². The van der Waals surface area contributed by atoms with E-state index in [9.17, 15) is 0 Å². The Bertz CT molecular complexity index is 3460. The zero-order valence-corrected chi connectivity index (χ0v) is 37.0. The summed E-state index contributed by atoms with van der Waals surface area (Å²) in [5.74, 6) is 0. The topological polar surface area (TPSA) is 6.48 Å². The second-order valence-corrected chi connectivity index (χ2v) is 18.4. The first-order valence-corrected chi connectivity index (χ1v) is 23.1. The van der Waals surface area contributed by atoms with Crippen LogP contribution in [0.2, 0.25) is 0 Å². The molecule has 1 unspecified atom stereocenters. The molecule has 0 radical (unpaired) electrons. The van der Waals surface area contributed by atoms with Crippen molar-refractivity contribution in [1.82, 2.24) is 0 Å². The lowest BCUT2D eigenvalue weighted by atomic mass is 9.70. The molecule has 1 spiro atoms. The van der Waals surface area contributed by atoms with E-state index >= 15 is 0 Å². The Labute approximate surface area is 387 Å². The molecular weight excluding hydrogens is 797 g/mol. The van der Waals surface area contributed by atoms with Crippen LogP contribution >= 0.6 is 0 Å². The van der Waals surface area contributed by atoms with E-state index in [0.29, 0.717) is 0 Å². The Morgan fingerprint density at radius 2 is 0.636 bits per heavy atom. The third-order valence-corrected chi connectivity index (χ3v) is 14.6. The van der Waals surface area contributed by atoms with Crippen molar-refractivity contribution in [2.24, 2.45) is 0 Å². The van der Waals surface area contributed by atoms with E-state index in [2.05, 4.69) is 266 Å². The first-order chi connectivity index (χ1) is 32.5. The number of para-hydroxylation sites is 3. The molecule has 13 rings (SSSR count). The molecule has 66 heavy (non-hydrogen) atoms. The Hall–Kier alpha value is -8.20. The summed E-state index contributed by atoms with van der Waals surface area (Å²) in [5, 5.41) is 0. The van der Waals surface area contributed by atoms with E-state index in [1.54, 1.807) is 0 Å². The molecule has 10 aromatic carbocycles. The summed E-state index contributed by atoms with van der Waals surface area (Å²) in [7, 11) is 0. The normalized spacial score (nSPS) is 15.3. The maximum atomic E-state index is 2.52. The van der Waals surface area contributed by atoms with Gasteiger partial charge in [-0.3, -0.25) is 0 Å². The Balaban J connectivity index is 1.09. The summed E-state index contributed by atoms with van der Waals surface area (Å²) in [4.78, 5) is 4.87. The lowest BCUT2D eigenvalue weighted by molar-refractivity contribution is 0.660. The Morgan fingerprint density at radius 1 is 0.258 bits per heavy atom. The number of rotatable bonds is 7. The SMILES string of the molecule is CC1(C)c2ccccc2-c2ccc(N(c3ccccc3)c3ccc4c(c3)C3(c5ccccc5-4)c4cc(N(c5ccccc5)c5ccccc5)ccc4-c4c(-c5ccccc5)cccc43)cc21. The molecule has 0 amide bonds. The zero-order valence-electron chi connectivity index (χ0n) is 37.0. The van der Waals surface area contributed by atoms with Gasteiger partial charge in [0.05, 0.1) is 5.41 Å². The summed E-state index contributed by atoms with van der Waals surface area (Å²) in [6.45, 7) is 4.74. The quantitative estimate of drug-likeness (QED) is 0.158. The fourth-order valence-electron chi connectivity index (χ4n) is 11.8. The van der Waals surface area contributed by atoms with Crippen molar-refractivity contribution in [1.29, 1.82) is 0 Å². The largest absolute Gasteiger partial charge is 0.310 e. The van der Waals surface area contributed by atoms with Gasteiger partial charge in [0.25, 0.3) is 0 Å². The monoisotopic (exact) mass is 842 g/mol. The highest BCUT2D eigenvalue weighted by atomic mass is 15.1. The van der Waals surface area contributed by atoms with Crippen LogP contribution in [0.4, 0.5) is 34.1 Å². The van der Waals surface area contributed by atoms with E-state index in [-0.39, 0.29) is 5.41 Å². The molecule has 0 heterocycles. The van der Waals surface area contributed by atoms with E-state index < -0.39 is 5.41 Å². The highest BCUT2D eigenvalue weighted by Gasteiger charge is 2.53. The standard InChI is InChI=1S/C64H46N2/c1-63(2)56-31-17-15-28-51(56)53-37-34-47(40-59(53)63)66(46-26-13-6-14-27-46)49-35-38-54-52-29-16-18-32-57(52)64(60(54)41-49)58-33-19-30-50(43-20-7-3-8-21-43)62(58)55-39-36-48(42-61(55)64)65(44-22-9-4-10-23-44)45-24-11-5-12-25-45/h3-42H,1-2H3.